The first-order chi connectivity index (χ1) is 12.6. The van der Waals surface area contributed by atoms with Gasteiger partial charge < -0.3 is 9.64 Å². The molecular weight excluding hydrogens is 337 g/mol. The van der Waals surface area contributed by atoms with E-state index in [2.05, 4.69) is 15.1 Å². The molecule has 7 nitrogen and oxygen atoms in total. The second-order valence-electron chi connectivity index (χ2n) is 5.95. The molecule has 0 aliphatic carbocycles. The zero-order chi connectivity index (χ0) is 18.1. The molecule has 1 aromatic carbocycles. The zero-order valence-electron chi connectivity index (χ0n) is 14.1. The third-order valence-corrected chi connectivity index (χ3v) is 4.09. The van der Waals surface area contributed by atoms with Crippen LogP contribution < -0.4 is 9.64 Å². The lowest BCUT2D eigenvalue weighted by atomic mass is 10.2. The first-order valence-corrected chi connectivity index (χ1v) is 8.17. The Hall–Kier alpha value is -3.29. The molecule has 3 heterocycles. The van der Waals surface area contributed by atoms with Crippen LogP contribution in [0.5, 0.6) is 6.01 Å². The lowest BCUT2D eigenvalue weighted by Crippen LogP contribution is -2.40. The highest BCUT2D eigenvalue weighted by Gasteiger charge is 2.27. The Morgan fingerprint density at radius 3 is 2.77 bits per heavy atom. The van der Waals surface area contributed by atoms with Crippen molar-refractivity contribution in [2.75, 3.05) is 11.4 Å². The van der Waals surface area contributed by atoms with Crippen molar-refractivity contribution in [2.24, 2.45) is 0 Å². The lowest BCUT2D eigenvalue weighted by molar-refractivity contribution is 0.0962. The molecule has 0 atom stereocenters. The molecule has 0 N–H and O–H groups in total. The molecule has 0 bridgehead atoms. The van der Waals surface area contributed by atoms with Crippen LogP contribution in [-0.2, 0) is 13.2 Å². The lowest BCUT2D eigenvalue weighted by Gasteiger charge is -2.27. The Morgan fingerprint density at radius 2 is 2.00 bits per heavy atom. The van der Waals surface area contributed by atoms with E-state index in [0.717, 1.165) is 5.69 Å². The van der Waals surface area contributed by atoms with E-state index in [1.807, 2.05) is 6.92 Å². The summed E-state index contributed by atoms with van der Waals surface area (Å²) in [4.78, 5) is 22.6. The van der Waals surface area contributed by atoms with Crippen molar-refractivity contribution < 1.29 is 13.9 Å². The number of carbonyl (C=O) groups is 1. The fourth-order valence-electron chi connectivity index (χ4n) is 2.82. The smallest absolute Gasteiger partial charge is 0.316 e. The normalized spacial score (nSPS) is 13.6. The highest BCUT2D eigenvalue weighted by atomic mass is 19.1. The fraction of sp³-hybridized carbons (Fsp3) is 0.222. The summed E-state index contributed by atoms with van der Waals surface area (Å²) in [6, 6.07) is 9.64. The number of nitrogens with zero attached hydrogens (tertiary/aromatic N) is 5. The van der Waals surface area contributed by atoms with Gasteiger partial charge in [0.15, 0.2) is 0 Å². The van der Waals surface area contributed by atoms with Gasteiger partial charge in [-0.3, -0.25) is 9.48 Å². The van der Waals surface area contributed by atoms with Gasteiger partial charge in [0.1, 0.15) is 23.8 Å². The van der Waals surface area contributed by atoms with Crippen LogP contribution >= 0.6 is 0 Å². The van der Waals surface area contributed by atoms with Crippen LogP contribution in [0.2, 0.25) is 0 Å². The maximum absolute atomic E-state index is 13.1. The largest absolute Gasteiger partial charge is 0.457 e. The molecular formula is C18H16FN5O2. The second kappa shape index (κ2) is 6.55. The minimum atomic E-state index is -0.332. The predicted octanol–water partition coefficient (Wildman–Crippen LogP) is 2.36. The Kier molecular flexibility index (Phi) is 4.08. The molecule has 0 saturated carbocycles. The van der Waals surface area contributed by atoms with Crippen LogP contribution in [0.4, 0.5) is 10.1 Å². The van der Waals surface area contributed by atoms with Gasteiger partial charge in [-0.15, -0.1) is 0 Å². The quantitative estimate of drug-likeness (QED) is 0.720. The minimum Gasteiger partial charge on any atom is -0.457 e. The predicted molar refractivity (Wildman–Crippen MR) is 91.4 cm³/mol. The van der Waals surface area contributed by atoms with Gasteiger partial charge in [-0.05, 0) is 43.3 Å². The SMILES string of the molecule is Cc1ccnc(OCc2cc3n(n2)CCN(c2ccc(F)cc2)C3=O)n1. The second-order valence-corrected chi connectivity index (χ2v) is 5.95. The van der Waals surface area contributed by atoms with Crippen molar-refractivity contribution in [1.29, 1.82) is 0 Å². The molecule has 0 saturated heterocycles. The van der Waals surface area contributed by atoms with Crippen LogP contribution in [0.3, 0.4) is 0 Å². The summed E-state index contributed by atoms with van der Waals surface area (Å²) in [5.74, 6) is -0.505. The molecule has 1 aliphatic heterocycles. The maximum atomic E-state index is 13.1. The van der Waals surface area contributed by atoms with Gasteiger partial charge >= 0.3 is 6.01 Å². The van der Waals surface area contributed by atoms with E-state index in [9.17, 15) is 9.18 Å². The van der Waals surface area contributed by atoms with Crippen molar-refractivity contribution in [3.63, 3.8) is 0 Å². The maximum Gasteiger partial charge on any atom is 0.316 e. The van der Waals surface area contributed by atoms with E-state index in [4.69, 9.17) is 4.74 Å². The molecule has 0 spiro atoms. The summed E-state index contributed by atoms with van der Waals surface area (Å²) in [5, 5.41) is 4.41. The average Bonchev–Trinajstić information content (AvgIpc) is 3.06. The Labute approximate surface area is 149 Å². The topological polar surface area (TPSA) is 73.1 Å². The van der Waals surface area contributed by atoms with E-state index >= 15 is 0 Å². The molecule has 4 rings (SSSR count). The first kappa shape index (κ1) is 16.2. The molecule has 0 radical (unpaired) electrons. The van der Waals surface area contributed by atoms with Crippen molar-refractivity contribution in [1.82, 2.24) is 19.7 Å². The van der Waals surface area contributed by atoms with Crippen LogP contribution in [0.1, 0.15) is 21.9 Å². The number of hydrogen-bond donors (Lipinski definition) is 0. The number of carbonyl (C=O) groups excluding carboxylic acids is 1. The summed E-state index contributed by atoms with van der Waals surface area (Å²) in [6.45, 7) is 3.06. The number of halogens is 1. The van der Waals surface area contributed by atoms with Gasteiger partial charge in [-0.25, -0.2) is 14.4 Å². The highest BCUT2D eigenvalue weighted by molar-refractivity contribution is 6.05. The molecule has 1 aliphatic rings. The standard InChI is InChI=1S/C18H16FN5O2/c1-12-6-7-20-18(21-12)26-11-14-10-16-17(25)23(8-9-24(16)22-14)15-4-2-13(19)3-5-15/h2-7,10H,8-9,11H2,1H3. The summed E-state index contributed by atoms with van der Waals surface area (Å²) >= 11 is 0. The summed E-state index contributed by atoms with van der Waals surface area (Å²) in [7, 11) is 0. The van der Waals surface area contributed by atoms with Crippen molar-refractivity contribution in [3.05, 3.63) is 65.5 Å². The number of aryl methyl sites for hydroxylation is 1. The number of aromatic nitrogens is 4. The molecule has 132 valence electrons. The number of hydrogen-bond acceptors (Lipinski definition) is 5. The molecule has 8 heteroatoms. The van der Waals surface area contributed by atoms with Crippen molar-refractivity contribution in [3.8, 4) is 6.01 Å². The van der Waals surface area contributed by atoms with Crippen LogP contribution in [0.15, 0.2) is 42.6 Å². The van der Waals surface area contributed by atoms with Crippen LogP contribution in [-0.4, -0.2) is 32.2 Å². The van der Waals surface area contributed by atoms with Crippen LogP contribution in [0.25, 0.3) is 0 Å². The third kappa shape index (κ3) is 3.13. The Balaban J connectivity index is 1.51. The van der Waals surface area contributed by atoms with E-state index in [0.29, 0.717) is 30.2 Å². The number of rotatable bonds is 4. The van der Waals surface area contributed by atoms with Gasteiger partial charge in [-0.1, -0.05) is 0 Å². The molecule has 0 fully saturated rings. The van der Waals surface area contributed by atoms with E-state index in [-0.39, 0.29) is 24.3 Å². The van der Waals surface area contributed by atoms with E-state index < -0.39 is 0 Å². The fourth-order valence-corrected chi connectivity index (χ4v) is 2.82. The van der Waals surface area contributed by atoms with Gasteiger partial charge in [-0.2, -0.15) is 5.10 Å². The summed E-state index contributed by atoms with van der Waals surface area (Å²) < 4.78 is 20.3. The number of anilines is 1. The van der Waals surface area contributed by atoms with E-state index in [1.165, 1.54) is 12.1 Å². The summed E-state index contributed by atoms with van der Waals surface area (Å²) in [6.07, 6.45) is 1.62. The van der Waals surface area contributed by atoms with Gasteiger partial charge in [0.2, 0.25) is 0 Å². The Bertz CT molecular complexity index is 954. The highest BCUT2D eigenvalue weighted by Crippen LogP contribution is 2.22. The number of benzene rings is 1. The average molecular weight is 353 g/mol. The number of fused-ring (bicyclic) bond motifs is 1. The molecule has 1 amide bonds. The summed E-state index contributed by atoms with van der Waals surface area (Å²) in [5.41, 5.74) is 2.57. The zero-order valence-corrected chi connectivity index (χ0v) is 14.1. The van der Waals surface area contributed by atoms with E-state index in [1.54, 1.807) is 40.0 Å². The number of ether oxygens (including phenoxy) is 1. The monoisotopic (exact) mass is 353 g/mol. The molecule has 2 aromatic heterocycles. The number of amides is 1. The van der Waals surface area contributed by atoms with Gasteiger partial charge in [0.05, 0.1) is 6.54 Å². The molecule has 0 unspecified atom stereocenters. The van der Waals surface area contributed by atoms with Crippen LogP contribution in [0, 0.1) is 12.7 Å². The molecule has 3 aromatic rings. The van der Waals surface area contributed by atoms with Crippen molar-refractivity contribution in [2.45, 2.75) is 20.1 Å². The molecule has 26 heavy (non-hydrogen) atoms. The van der Waals surface area contributed by atoms with Crippen molar-refractivity contribution >= 4 is 11.6 Å². The van der Waals surface area contributed by atoms with Gasteiger partial charge in [0.25, 0.3) is 5.91 Å². The van der Waals surface area contributed by atoms with Gasteiger partial charge in [0, 0.05) is 24.1 Å². The Morgan fingerprint density at radius 1 is 1.19 bits per heavy atom. The minimum absolute atomic E-state index is 0.173. The first-order valence-electron chi connectivity index (χ1n) is 8.17. The third-order valence-electron chi connectivity index (χ3n) is 4.09.